The second-order valence-electron chi connectivity index (χ2n) is 5.69. The molecule has 0 aliphatic carbocycles. The average molecular weight is 246 g/mol. The van der Waals surface area contributed by atoms with Crippen LogP contribution < -0.4 is 0 Å². The SMILES string of the molecule is C#CC(C)(C#CCC(C)CCCC)CCCCC. The molecule has 0 heterocycles. The summed E-state index contributed by atoms with van der Waals surface area (Å²) in [6, 6.07) is 0. The third kappa shape index (κ3) is 8.25. The molecule has 0 radical (unpaired) electrons. The molecule has 0 fully saturated rings. The zero-order chi connectivity index (χ0) is 13.9. The summed E-state index contributed by atoms with van der Waals surface area (Å²) in [7, 11) is 0. The van der Waals surface area contributed by atoms with E-state index < -0.39 is 0 Å². The minimum Gasteiger partial charge on any atom is -0.118 e. The Morgan fingerprint density at radius 2 is 1.78 bits per heavy atom. The van der Waals surface area contributed by atoms with Crippen molar-refractivity contribution < 1.29 is 0 Å². The zero-order valence-corrected chi connectivity index (χ0v) is 12.8. The van der Waals surface area contributed by atoms with E-state index in [1.165, 1.54) is 38.5 Å². The molecule has 0 bridgehead atoms. The quantitative estimate of drug-likeness (QED) is 0.396. The van der Waals surface area contributed by atoms with Crippen molar-refractivity contribution in [3.05, 3.63) is 0 Å². The molecule has 2 atom stereocenters. The largest absolute Gasteiger partial charge is 0.118 e. The Morgan fingerprint density at radius 3 is 2.33 bits per heavy atom. The topological polar surface area (TPSA) is 0 Å². The van der Waals surface area contributed by atoms with Crippen LogP contribution in [0.1, 0.15) is 79.1 Å². The minimum atomic E-state index is -0.209. The van der Waals surface area contributed by atoms with Gasteiger partial charge in [-0.25, -0.2) is 0 Å². The van der Waals surface area contributed by atoms with Crippen molar-refractivity contribution in [3.8, 4) is 24.2 Å². The Hall–Kier alpha value is -0.880. The van der Waals surface area contributed by atoms with Crippen LogP contribution in [0.3, 0.4) is 0 Å². The third-order valence-corrected chi connectivity index (χ3v) is 3.46. The van der Waals surface area contributed by atoms with Crippen LogP contribution in [-0.4, -0.2) is 0 Å². The van der Waals surface area contributed by atoms with E-state index in [-0.39, 0.29) is 5.41 Å². The molecule has 0 rings (SSSR count). The van der Waals surface area contributed by atoms with Crippen molar-refractivity contribution in [3.63, 3.8) is 0 Å². The van der Waals surface area contributed by atoms with Crippen LogP contribution in [0.15, 0.2) is 0 Å². The van der Waals surface area contributed by atoms with Gasteiger partial charge in [0.25, 0.3) is 0 Å². The highest BCUT2D eigenvalue weighted by Crippen LogP contribution is 2.23. The van der Waals surface area contributed by atoms with Crippen molar-refractivity contribution in [1.82, 2.24) is 0 Å². The number of rotatable bonds is 8. The van der Waals surface area contributed by atoms with Gasteiger partial charge in [-0.3, -0.25) is 0 Å². The predicted molar refractivity (Wildman–Crippen MR) is 82.2 cm³/mol. The highest BCUT2D eigenvalue weighted by atomic mass is 14.2. The molecule has 2 unspecified atom stereocenters. The molecule has 0 aliphatic heterocycles. The third-order valence-electron chi connectivity index (χ3n) is 3.46. The normalized spacial score (nSPS) is 15.1. The van der Waals surface area contributed by atoms with Crippen molar-refractivity contribution in [2.24, 2.45) is 11.3 Å². The smallest absolute Gasteiger partial charge is 0.0888 e. The summed E-state index contributed by atoms with van der Waals surface area (Å²) >= 11 is 0. The molecule has 0 nitrogen and oxygen atoms in total. The first kappa shape index (κ1) is 17.1. The maximum atomic E-state index is 5.63. The molecule has 0 saturated heterocycles. The average Bonchev–Trinajstić information content (AvgIpc) is 2.36. The fourth-order valence-electron chi connectivity index (χ4n) is 1.97. The van der Waals surface area contributed by atoms with Crippen LogP contribution in [0.4, 0.5) is 0 Å². The molecule has 0 heteroatoms. The van der Waals surface area contributed by atoms with Gasteiger partial charge >= 0.3 is 0 Å². The second kappa shape index (κ2) is 10.1. The van der Waals surface area contributed by atoms with Crippen LogP contribution in [-0.2, 0) is 0 Å². The maximum Gasteiger partial charge on any atom is 0.0888 e. The molecule has 0 spiro atoms. The van der Waals surface area contributed by atoms with Gasteiger partial charge in [0, 0.05) is 6.42 Å². The molecular formula is C18H30. The van der Waals surface area contributed by atoms with Crippen LogP contribution in [0, 0.1) is 35.5 Å². The Balaban J connectivity index is 4.15. The number of hydrogen-bond donors (Lipinski definition) is 0. The first-order chi connectivity index (χ1) is 8.58. The van der Waals surface area contributed by atoms with Crippen LogP contribution in [0.25, 0.3) is 0 Å². The highest BCUT2D eigenvalue weighted by Gasteiger charge is 2.16. The van der Waals surface area contributed by atoms with Crippen LogP contribution >= 0.6 is 0 Å². The van der Waals surface area contributed by atoms with Crippen molar-refractivity contribution in [1.29, 1.82) is 0 Å². The molecule has 0 N–H and O–H groups in total. The first-order valence-corrected chi connectivity index (χ1v) is 7.55. The van der Waals surface area contributed by atoms with E-state index in [2.05, 4.69) is 45.5 Å². The van der Waals surface area contributed by atoms with E-state index in [0.29, 0.717) is 5.92 Å². The summed E-state index contributed by atoms with van der Waals surface area (Å²) in [6.07, 6.45) is 15.2. The van der Waals surface area contributed by atoms with Crippen molar-refractivity contribution >= 4 is 0 Å². The van der Waals surface area contributed by atoms with E-state index in [9.17, 15) is 0 Å². The zero-order valence-electron chi connectivity index (χ0n) is 12.8. The summed E-state index contributed by atoms with van der Waals surface area (Å²) in [6.45, 7) is 8.84. The molecular weight excluding hydrogens is 216 g/mol. The van der Waals surface area contributed by atoms with Gasteiger partial charge in [0.15, 0.2) is 0 Å². The predicted octanol–water partition coefficient (Wildman–Crippen LogP) is 5.43. The Bertz CT molecular complexity index is 296. The van der Waals surface area contributed by atoms with E-state index >= 15 is 0 Å². The number of unbranched alkanes of at least 4 members (excludes halogenated alkanes) is 3. The van der Waals surface area contributed by atoms with Gasteiger partial charge in [0.1, 0.15) is 0 Å². The fourth-order valence-corrected chi connectivity index (χ4v) is 1.97. The van der Waals surface area contributed by atoms with Gasteiger partial charge in [0.2, 0.25) is 0 Å². The van der Waals surface area contributed by atoms with Gasteiger partial charge in [-0.15, -0.1) is 12.3 Å². The van der Waals surface area contributed by atoms with Crippen LogP contribution in [0.5, 0.6) is 0 Å². The molecule has 0 aromatic rings. The number of hydrogen-bond acceptors (Lipinski definition) is 0. The van der Waals surface area contributed by atoms with Gasteiger partial charge in [-0.05, 0) is 25.7 Å². The maximum absolute atomic E-state index is 5.63. The van der Waals surface area contributed by atoms with Gasteiger partial charge in [-0.2, -0.15) is 0 Å². The highest BCUT2D eigenvalue weighted by molar-refractivity contribution is 5.22. The summed E-state index contributed by atoms with van der Waals surface area (Å²) in [5.74, 6) is 10.2. The first-order valence-electron chi connectivity index (χ1n) is 7.55. The summed E-state index contributed by atoms with van der Waals surface area (Å²) in [4.78, 5) is 0. The molecule has 0 aromatic heterocycles. The molecule has 0 aliphatic rings. The second-order valence-corrected chi connectivity index (χ2v) is 5.69. The van der Waals surface area contributed by atoms with Crippen molar-refractivity contribution in [2.75, 3.05) is 0 Å². The van der Waals surface area contributed by atoms with Gasteiger partial charge in [0.05, 0.1) is 5.41 Å². The van der Waals surface area contributed by atoms with E-state index in [1.807, 2.05) is 0 Å². The summed E-state index contributed by atoms with van der Waals surface area (Å²) in [5.41, 5.74) is -0.209. The number of terminal acetylenes is 1. The molecule has 0 aromatic carbocycles. The van der Waals surface area contributed by atoms with Gasteiger partial charge in [-0.1, -0.05) is 64.7 Å². The summed E-state index contributed by atoms with van der Waals surface area (Å²) in [5, 5.41) is 0. The van der Waals surface area contributed by atoms with Gasteiger partial charge < -0.3 is 0 Å². The minimum absolute atomic E-state index is 0.209. The van der Waals surface area contributed by atoms with Crippen LogP contribution in [0.2, 0.25) is 0 Å². The summed E-state index contributed by atoms with van der Waals surface area (Å²) < 4.78 is 0. The monoisotopic (exact) mass is 246 g/mol. The van der Waals surface area contributed by atoms with Crippen molar-refractivity contribution in [2.45, 2.75) is 79.1 Å². The van der Waals surface area contributed by atoms with E-state index in [4.69, 9.17) is 6.42 Å². The lowest BCUT2D eigenvalue weighted by atomic mass is 9.86. The van der Waals surface area contributed by atoms with E-state index in [1.54, 1.807) is 0 Å². The molecule has 18 heavy (non-hydrogen) atoms. The lowest BCUT2D eigenvalue weighted by Crippen LogP contribution is -2.10. The Morgan fingerprint density at radius 1 is 1.11 bits per heavy atom. The molecule has 102 valence electrons. The molecule has 0 amide bonds. The lowest BCUT2D eigenvalue weighted by molar-refractivity contribution is 0.495. The Kier molecular flexibility index (Phi) is 9.59. The lowest BCUT2D eigenvalue weighted by Gasteiger charge is -2.16. The fraction of sp³-hybridized carbons (Fsp3) is 0.778. The molecule has 0 saturated carbocycles. The Labute approximate surface area is 115 Å². The standard InChI is InChI=1S/C18H30/c1-6-9-11-15-18(5,8-3)16-12-14-17(4)13-10-7-2/h3,17H,6-7,9-11,13-15H2,1-2,4-5H3. The van der Waals surface area contributed by atoms with E-state index in [0.717, 1.165) is 12.8 Å².